The maximum Gasteiger partial charge on any atom is 0.337 e. The number of hydrogen-bond acceptors (Lipinski definition) is 7. The predicted octanol–water partition coefficient (Wildman–Crippen LogP) is 5.20. The van der Waals surface area contributed by atoms with Gasteiger partial charge in [-0.3, -0.25) is 9.59 Å². The van der Waals surface area contributed by atoms with Crippen molar-refractivity contribution in [2.45, 2.75) is 32.9 Å². The molecular weight excluding hydrogens is 498 g/mol. The van der Waals surface area contributed by atoms with Crippen LogP contribution in [0.4, 0.5) is 0 Å². The number of benzene rings is 3. The van der Waals surface area contributed by atoms with Gasteiger partial charge in [-0.1, -0.05) is 31.2 Å². The van der Waals surface area contributed by atoms with Crippen molar-refractivity contribution in [1.82, 2.24) is 4.90 Å². The Balaban J connectivity index is 1.79. The molecule has 0 saturated carbocycles. The first-order chi connectivity index (χ1) is 18.8. The smallest absolute Gasteiger partial charge is 0.337 e. The van der Waals surface area contributed by atoms with Crippen LogP contribution in [-0.2, 0) is 20.9 Å². The van der Waals surface area contributed by atoms with Crippen LogP contribution in [0, 0.1) is 6.92 Å². The van der Waals surface area contributed by atoms with Crippen molar-refractivity contribution in [3.8, 4) is 11.5 Å². The zero-order chi connectivity index (χ0) is 28.1. The number of aliphatic hydroxyl groups excluding tert-OH is 1. The first-order valence-electron chi connectivity index (χ1n) is 12.6. The SMILES string of the molecule is CCCOc1ccc(/C(O)=C2/C(=O)C(=O)N(Cc3ccc(C(=O)OC)cc3)C2c2cccc(OC)c2)cc1C. The second-order valence-electron chi connectivity index (χ2n) is 9.22. The van der Waals surface area contributed by atoms with Gasteiger partial charge < -0.3 is 24.2 Å². The fourth-order valence-electron chi connectivity index (χ4n) is 4.59. The minimum absolute atomic E-state index is 0.0129. The third-order valence-corrected chi connectivity index (χ3v) is 6.59. The number of carbonyl (C=O) groups is 3. The van der Waals surface area contributed by atoms with E-state index in [1.54, 1.807) is 66.7 Å². The molecule has 1 saturated heterocycles. The maximum absolute atomic E-state index is 13.4. The van der Waals surface area contributed by atoms with Gasteiger partial charge in [-0.05, 0) is 72.5 Å². The van der Waals surface area contributed by atoms with E-state index in [0.29, 0.717) is 40.4 Å². The van der Waals surface area contributed by atoms with E-state index in [-0.39, 0.29) is 17.9 Å². The molecule has 3 aromatic carbocycles. The van der Waals surface area contributed by atoms with Crippen LogP contribution in [0.1, 0.15) is 52.0 Å². The molecule has 0 aromatic heterocycles. The fraction of sp³-hybridized carbons (Fsp3) is 0.258. The van der Waals surface area contributed by atoms with E-state index in [1.807, 2.05) is 13.8 Å². The van der Waals surface area contributed by atoms with Crippen LogP contribution in [0.25, 0.3) is 5.76 Å². The normalized spacial score (nSPS) is 16.3. The molecule has 8 nitrogen and oxygen atoms in total. The van der Waals surface area contributed by atoms with Gasteiger partial charge in [-0.25, -0.2) is 4.79 Å². The van der Waals surface area contributed by atoms with Crippen molar-refractivity contribution in [2.24, 2.45) is 0 Å². The third kappa shape index (κ3) is 5.65. The molecule has 1 unspecified atom stereocenters. The van der Waals surface area contributed by atoms with E-state index in [0.717, 1.165) is 12.0 Å². The number of amides is 1. The molecule has 0 bridgehead atoms. The van der Waals surface area contributed by atoms with Gasteiger partial charge in [0.25, 0.3) is 11.7 Å². The van der Waals surface area contributed by atoms with Crippen LogP contribution in [0.2, 0.25) is 0 Å². The van der Waals surface area contributed by atoms with Crippen LogP contribution in [-0.4, -0.2) is 48.5 Å². The standard InChI is InChI=1S/C31H31NO7/c1-5-15-39-25-14-13-23(16-19(25)2)28(33)26-27(22-7-6-8-24(17-22)37-3)32(30(35)29(26)34)18-20-9-11-21(12-10-20)31(36)38-4/h6-14,16-17,27,33H,5,15,18H2,1-4H3/b28-26-. The summed E-state index contributed by atoms with van der Waals surface area (Å²) < 4.78 is 15.9. The Morgan fingerprint density at radius 3 is 2.33 bits per heavy atom. The highest BCUT2D eigenvalue weighted by Crippen LogP contribution is 2.41. The first-order valence-corrected chi connectivity index (χ1v) is 12.6. The molecule has 1 atom stereocenters. The number of esters is 1. The van der Waals surface area contributed by atoms with Crippen LogP contribution in [0.5, 0.6) is 11.5 Å². The van der Waals surface area contributed by atoms with Crippen molar-refractivity contribution < 1.29 is 33.7 Å². The van der Waals surface area contributed by atoms with E-state index in [9.17, 15) is 19.5 Å². The summed E-state index contributed by atoms with van der Waals surface area (Å²) in [6, 6.07) is 18.0. The molecule has 202 valence electrons. The molecular formula is C31H31NO7. The van der Waals surface area contributed by atoms with Crippen molar-refractivity contribution in [1.29, 1.82) is 0 Å². The Kier molecular flexibility index (Phi) is 8.34. The number of aryl methyl sites for hydroxylation is 1. The molecule has 1 aliphatic rings. The lowest BCUT2D eigenvalue weighted by Gasteiger charge is -2.26. The highest BCUT2D eigenvalue weighted by molar-refractivity contribution is 6.46. The van der Waals surface area contributed by atoms with E-state index in [4.69, 9.17) is 14.2 Å². The number of carbonyl (C=O) groups excluding carboxylic acids is 3. The van der Waals surface area contributed by atoms with Gasteiger partial charge in [0.15, 0.2) is 0 Å². The Hall–Kier alpha value is -4.59. The number of ether oxygens (including phenoxy) is 3. The lowest BCUT2D eigenvalue weighted by Crippen LogP contribution is -2.29. The molecule has 1 heterocycles. The van der Waals surface area contributed by atoms with Gasteiger partial charge >= 0.3 is 5.97 Å². The Bertz CT molecular complexity index is 1430. The number of hydrogen-bond donors (Lipinski definition) is 1. The number of methoxy groups -OCH3 is 2. The molecule has 4 rings (SSSR count). The first kappa shape index (κ1) is 27.4. The molecule has 0 radical (unpaired) electrons. The summed E-state index contributed by atoms with van der Waals surface area (Å²) in [5, 5.41) is 11.4. The number of likely N-dealkylation sites (tertiary alicyclic amines) is 1. The number of aliphatic hydroxyl groups is 1. The van der Waals surface area contributed by atoms with Crippen molar-refractivity contribution in [3.05, 3.63) is 100 Å². The number of rotatable bonds is 9. The molecule has 39 heavy (non-hydrogen) atoms. The van der Waals surface area contributed by atoms with Gasteiger partial charge in [-0.2, -0.15) is 0 Å². The summed E-state index contributed by atoms with van der Waals surface area (Å²) in [4.78, 5) is 40.0. The second-order valence-corrected chi connectivity index (χ2v) is 9.22. The minimum atomic E-state index is -0.864. The van der Waals surface area contributed by atoms with E-state index in [2.05, 4.69) is 0 Å². The summed E-state index contributed by atoms with van der Waals surface area (Å²) in [6.45, 7) is 4.51. The Labute approximate surface area is 227 Å². The Morgan fingerprint density at radius 2 is 1.69 bits per heavy atom. The Morgan fingerprint density at radius 1 is 0.974 bits per heavy atom. The molecule has 1 fully saturated rings. The summed E-state index contributed by atoms with van der Waals surface area (Å²) in [5.41, 5.74) is 2.87. The number of ketones is 1. The summed E-state index contributed by atoms with van der Waals surface area (Å²) >= 11 is 0. The van der Waals surface area contributed by atoms with Gasteiger partial charge in [0, 0.05) is 12.1 Å². The number of nitrogens with zero attached hydrogens (tertiary/aromatic N) is 1. The summed E-state index contributed by atoms with van der Waals surface area (Å²) in [5.74, 6) is -1.02. The zero-order valence-electron chi connectivity index (χ0n) is 22.4. The molecule has 3 aromatic rings. The highest BCUT2D eigenvalue weighted by atomic mass is 16.5. The van der Waals surface area contributed by atoms with Crippen LogP contribution < -0.4 is 9.47 Å². The topological polar surface area (TPSA) is 102 Å². The largest absolute Gasteiger partial charge is 0.507 e. The summed E-state index contributed by atoms with van der Waals surface area (Å²) in [7, 11) is 2.83. The van der Waals surface area contributed by atoms with Crippen LogP contribution in [0.3, 0.4) is 0 Å². The molecule has 0 spiro atoms. The summed E-state index contributed by atoms with van der Waals surface area (Å²) in [6.07, 6.45) is 0.858. The van der Waals surface area contributed by atoms with Gasteiger partial charge in [0.05, 0.1) is 38.0 Å². The third-order valence-electron chi connectivity index (χ3n) is 6.59. The lowest BCUT2D eigenvalue weighted by molar-refractivity contribution is -0.140. The molecule has 1 amide bonds. The van der Waals surface area contributed by atoms with Gasteiger partial charge in [0.1, 0.15) is 17.3 Å². The van der Waals surface area contributed by atoms with E-state index >= 15 is 0 Å². The predicted molar refractivity (Wildman–Crippen MR) is 146 cm³/mol. The number of Topliss-reactive ketones (excluding diaryl/α,β-unsaturated/α-hetero) is 1. The zero-order valence-corrected chi connectivity index (χ0v) is 22.4. The molecule has 8 heteroatoms. The average Bonchev–Trinajstić information content (AvgIpc) is 3.21. The monoisotopic (exact) mass is 529 g/mol. The molecule has 0 aliphatic carbocycles. The van der Waals surface area contributed by atoms with Crippen LogP contribution >= 0.6 is 0 Å². The van der Waals surface area contributed by atoms with E-state index in [1.165, 1.54) is 19.1 Å². The quantitative estimate of drug-likeness (QED) is 0.176. The molecule has 1 N–H and O–H groups in total. The minimum Gasteiger partial charge on any atom is -0.507 e. The van der Waals surface area contributed by atoms with Gasteiger partial charge in [0.2, 0.25) is 0 Å². The van der Waals surface area contributed by atoms with Crippen molar-refractivity contribution >= 4 is 23.4 Å². The molecule has 1 aliphatic heterocycles. The second kappa shape index (κ2) is 11.9. The van der Waals surface area contributed by atoms with Crippen molar-refractivity contribution in [3.63, 3.8) is 0 Å². The van der Waals surface area contributed by atoms with Gasteiger partial charge in [-0.15, -0.1) is 0 Å². The highest BCUT2D eigenvalue weighted by Gasteiger charge is 2.46. The lowest BCUT2D eigenvalue weighted by atomic mass is 9.94. The maximum atomic E-state index is 13.4. The van der Waals surface area contributed by atoms with Crippen molar-refractivity contribution in [2.75, 3.05) is 20.8 Å². The fourth-order valence-corrected chi connectivity index (χ4v) is 4.59. The van der Waals surface area contributed by atoms with Crippen LogP contribution in [0.15, 0.2) is 72.3 Å². The van der Waals surface area contributed by atoms with E-state index < -0.39 is 23.7 Å². The average molecular weight is 530 g/mol.